The molecule has 0 saturated carbocycles. The number of likely N-dealkylation sites (N-methyl/N-ethyl adjacent to an activating group) is 2. The van der Waals surface area contributed by atoms with E-state index in [0.717, 1.165) is 19.6 Å². The molecule has 0 aliphatic carbocycles. The minimum absolute atomic E-state index is 0.363. The number of nitrogens with zero attached hydrogens (tertiary/aromatic N) is 2. The molecule has 0 fully saturated rings. The lowest BCUT2D eigenvalue weighted by molar-refractivity contribution is 0.120. The molecule has 2 rings (SSSR count). The molecule has 1 aliphatic heterocycles. The summed E-state index contributed by atoms with van der Waals surface area (Å²) in [7, 11) is 2.19. The Labute approximate surface area is 117 Å². The molecular formula is C16H27N3. The van der Waals surface area contributed by atoms with Crippen LogP contribution in [0.3, 0.4) is 0 Å². The van der Waals surface area contributed by atoms with E-state index in [2.05, 4.69) is 55.8 Å². The first-order chi connectivity index (χ1) is 9.12. The van der Waals surface area contributed by atoms with Crippen LogP contribution in [0.25, 0.3) is 0 Å². The lowest BCUT2D eigenvalue weighted by Gasteiger charge is -2.43. The fraction of sp³-hybridized carbons (Fsp3) is 0.625. The third-order valence-corrected chi connectivity index (χ3v) is 4.43. The predicted octanol–water partition coefficient (Wildman–Crippen LogP) is 2.32. The highest BCUT2D eigenvalue weighted by Gasteiger charge is 2.32. The van der Waals surface area contributed by atoms with Crippen molar-refractivity contribution in [2.45, 2.75) is 32.9 Å². The van der Waals surface area contributed by atoms with Gasteiger partial charge in [-0.15, -0.1) is 0 Å². The van der Waals surface area contributed by atoms with Gasteiger partial charge >= 0.3 is 0 Å². The van der Waals surface area contributed by atoms with Crippen molar-refractivity contribution < 1.29 is 0 Å². The summed E-state index contributed by atoms with van der Waals surface area (Å²) in [6, 6.07) is 7.70. The number of nitrogens with two attached hydrogens (primary N) is 1. The topological polar surface area (TPSA) is 32.5 Å². The molecule has 0 radical (unpaired) electrons. The van der Waals surface area contributed by atoms with Crippen LogP contribution >= 0.6 is 0 Å². The van der Waals surface area contributed by atoms with Gasteiger partial charge < -0.3 is 5.73 Å². The molecule has 0 amide bonds. The Kier molecular flexibility index (Phi) is 4.61. The molecular weight excluding hydrogens is 234 g/mol. The third kappa shape index (κ3) is 2.69. The lowest BCUT2D eigenvalue weighted by atomic mass is 9.87. The zero-order valence-corrected chi connectivity index (χ0v) is 12.7. The molecule has 1 aliphatic rings. The summed E-state index contributed by atoms with van der Waals surface area (Å²) in [5.41, 5.74) is 10.2. The minimum atomic E-state index is 0.363. The quantitative estimate of drug-likeness (QED) is 0.903. The number of rotatable bonds is 4. The molecule has 106 valence electrons. The van der Waals surface area contributed by atoms with Crippen molar-refractivity contribution in [1.82, 2.24) is 9.80 Å². The molecule has 1 heterocycles. The van der Waals surface area contributed by atoms with Gasteiger partial charge in [0.25, 0.3) is 0 Å². The van der Waals surface area contributed by atoms with Crippen molar-refractivity contribution in [2.24, 2.45) is 5.73 Å². The molecule has 0 spiro atoms. The first-order valence-electron chi connectivity index (χ1n) is 7.37. The fourth-order valence-corrected chi connectivity index (χ4v) is 3.31. The van der Waals surface area contributed by atoms with Gasteiger partial charge in [0.05, 0.1) is 0 Å². The van der Waals surface area contributed by atoms with Gasteiger partial charge in [-0.05, 0) is 38.2 Å². The van der Waals surface area contributed by atoms with E-state index >= 15 is 0 Å². The van der Waals surface area contributed by atoms with Crippen LogP contribution in [0.5, 0.6) is 0 Å². The van der Waals surface area contributed by atoms with Gasteiger partial charge in [-0.1, -0.05) is 37.6 Å². The molecule has 3 heteroatoms. The normalized spacial score (nSPS) is 23.7. The van der Waals surface area contributed by atoms with Gasteiger partial charge in [0.15, 0.2) is 0 Å². The first kappa shape index (κ1) is 14.5. The van der Waals surface area contributed by atoms with Crippen molar-refractivity contribution in [2.75, 3.05) is 33.2 Å². The van der Waals surface area contributed by atoms with Crippen LogP contribution in [0.4, 0.5) is 0 Å². The Bertz CT molecular complexity index is 426. The van der Waals surface area contributed by atoms with E-state index in [1.165, 1.54) is 16.7 Å². The van der Waals surface area contributed by atoms with E-state index in [0.29, 0.717) is 18.6 Å². The first-order valence-corrected chi connectivity index (χ1v) is 7.37. The summed E-state index contributed by atoms with van der Waals surface area (Å²) in [4.78, 5) is 4.95. The van der Waals surface area contributed by atoms with Gasteiger partial charge in [-0.2, -0.15) is 0 Å². The molecule has 2 unspecified atom stereocenters. The fourth-order valence-electron chi connectivity index (χ4n) is 3.31. The van der Waals surface area contributed by atoms with Crippen LogP contribution in [0, 0.1) is 6.92 Å². The van der Waals surface area contributed by atoms with Crippen molar-refractivity contribution >= 4 is 0 Å². The third-order valence-electron chi connectivity index (χ3n) is 4.43. The number of hydrogen-bond donors (Lipinski definition) is 1. The Balaban J connectivity index is 2.46. The van der Waals surface area contributed by atoms with Gasteiger partial charge in [0.1, 0.15) is 0 Å². The van der Waals surface area contributed by atoms with E-state index in [1.807, 2.05) is 0 Å². The number of benzene rings is 1. The van der Waals surface area contributed by atoms with E-state index in [-0.39, 0.29) is 0 Å². The van der Waals surface area contributed by atoms with E-state index in [9.17, 15) is 0 Å². The van der Waals surface area contributed by atoms with Gasteiger partial charge in [0, 0.05) is 25.2 Å². The number of aryl methyl sites for hydroxylation is 1. The molecule has 2 atom stereocenters. The zero-order valence-electron chi connectivity index (χ0n) is 12.7. The van der Waals surface area contributed by atoms with Crippen LogP contribution in [-0.4, -0.2) is 43.0 Å². The Morgan fingerprint density at radius 3 is 2.53 bits per heavy atom. The lowest BCUT2D eigenvalue weighted by Crippen LogP contribution is -2.44. The van der Waals surface area contributed by atoms with Gasteiger partial charge in [0.2, 0.25) is 0 Å². The summed E-state index contributed by atoms with van der Waals surface area (Å²) >= 11 is 0. The van der Waals surface area contributed by atoms with Crippen LogP contribution in [0.15, 0.2) is 18.2 Å². The van der Waals surface area contributed by atoms with Crippen LogP contribution in [-0.2, 0) is 0 Å². The second-order valence-electron chi connectivity index (χ2n) is 5.56. The summed E-state index contributed by atoms with van der Waals surface area (Å²) in [5.74, 6) is 0. The SMILES string of the molecule is CCN(CC)C1CN(C)C(CN)c2ccc(C)cc21. The summed E-state index contributed by atoms with van der Waals surface area (Å²) in [6.07, 6.45) is 0. The molecule has 0 aromatic heterocycles. The molecule has 2 N–H and O–H groups in total. The highest BCUT2D eigenvalue weighted by molar-refractivity contribution is 5.38. The second kappa shape index (κ2) is 6.04. The van der Waals surface area contributed by atoms with Crippen molar-refractivity contribution in [1.29, 1.82) is 0 Å². The second-order valence-corrected chi connectivity index (χ2v) is 5.56. The Hall–Kier alpha value is -0.900. The van der Waals surface area contributed by atoms with Gasteiger partial charge in [-0.25, -0.2) is 0 Å². The summed E-state index contributed by atoms with van der Waals surface area (Å²) in [5, 5.41) is 0. The zero-order chi connectivity index (χ0) is 14.0. The molecule has 0 saturated heterocycles. The maximum atomic E-state index is 5.98. The molecule has 3 nitrogen and oxygen atoms in total. The predicted molar refractivity (Wildman–Crippen MR) is 81.3 cm³/mol. The highest BCUT2D eigenvalue weighted by Crippen LogP contribution is 2.36. The van der Waals surface area contributed by atoms with Crippen molar-refractivity contribution in [3.05, 3.63) is 34.9 Å². The van der Waals surface area contributed by atoms with E-state index in [4.69, 9.17) is 5.73 Å². The molecule has 19 heavy (non-hydrogen) atoms. The monoisotopic (exact) mass is 261 g/mol. The molecule has 1 aromatic carbocycles. The smallest absolute Gasteiger partial charge is 0.0478 e. The molecule has 0 bridgehead atoms. The van der Waals surface area contributed by atoms with Crippen LogP contribution in [0.2, 0.25) is 0 Å². The van der Waals surface area contributed by atoms with E-state index in [1.54, 1.807) is 0 Å². The summed E-state index contributed by atoms with van der Waals surface area (Å²) in [6.45, 7) is 10.6. The van der Waals surface area contributed by atoms with Crippen molar-refractivity contribution in [3.8, 4) is 0 Å². The van der Waals surface area contributed by atoms with Crippen LogP contribution in [0.1, 0.15) is 42.6 Å². The van der Waals surface area contributed by atoms with Crippen molar-refractivity contribution in [3.63, 3.8) is 0 Å². The number of fused-ring (bicyclic) bond motifs is 1. The van der Waals surface area contributed by atoms with E-state index < -0.39 is 0 Å². The average molecular weight is 261 g/mol. The Morgan fingerprint density at radius 2 is 1.95 bits per heavy atom. The Morgan fingerprint density at radius 1 is 1.26 bits per heavy atom. The minimum Gasteiger partial charge on any atom is -0.329 e. The molecule has 1 aromatic rings. The standard InChI is InChI=1S/C16H27N3/c1-5-19(6-2)16-11-18(4)15(10-17)13-8-7-12(3)9-14(13)16/h7-9,15-16H,5-6,10-11,17H2,1-4H3. The average Bonchev–Trinajstić information content (AvgIpc) is 2.40. The van der Waals surface area contributed by atoms with Gasteiger partial charge in [-0.3, -0.25) is 9.80 Å². The maximum Gasteiger partial charge on any atom is 0.0478 e. The summed E-state index contributed by atoms with van der Waals surface area (Å²) < 4.78 is 0. The largest absolute Gasteiger partial charge is 0.329 e. The van der Waals surface area contributed by atoms with Crippen LogP contribution < -0.4 is 5.73 Å². The highest BCUT2D eigenvalue weighted by atomic mass is 15.2. The number of hydrogen-bond acceptors (Lipinski definition) is 3. The maximum absolute atomic E-state index is 5.98.